The molecule has 1 heterocycles. The third-order valence-electron chi connectivity index (χ3n) is 3.48. The molecule has 1 aromatic rings. The van der Waals surface area contributed by atoms with E-state index in [1.54, 1.807) is 6.33 Å². The van der Waals surface area contributed by atoms with E-state index in [1.165, 1.54) is 19.3 Å². The quantitative estimate of drug-likeness (QED) is 0.794. The predicted octanol–water partition coefficient (Wildman–Crippen LogP) is 2.90. The van der Waals surface area contributed by atoms with E-state index in [1.807, 2.05) is 6.07 Å². The molecule has 1 aliphatic rings. The Morgan fingerprint density at radius 2 is 1.94 bits per heavy atom. The lowest BCUT2D eigenvalue weighted by Crippen LogP contribution is -2.33. The molecule has 1 aromatic heterocycles. The van der Waals surface area contributed by atoms with Gasteiger partial charge in [-0.1, -0.05) is 20.3 Å². The fourth-order valence-corrected chi connectivity index (χ4v) is 2.06. The smallest absolute Gasteiger partial charge is 0.131 e. The standard InChI is InChI=1S/C13H22N4/c1-3-7-14-11-8-12(17-10-16-11)15-9-13(2)5-4-6-13/h8,10H,3-7,9H2,1-2H3,(H2,14,15,16,17). The maximum atomic E-state index is 4.25. The second-order valence-corrected chi connectivity index (χ2v) is 5.23. The fourth-order valence-electron chi connectivity index (χ4n) is 2.06. The largest absolute Gasteiger partial charge is 0.370 e. The summed E-state index contributed by atoms with van der Waals surface area (Å²) in [6.45, 7) is 6.44. The summed E-state index contributed by atoms with van der Waals surface area (Å²) in [5.41, 5.74) is 0.474. The van der Waals surface area contributed by atoms with Crippen LogP contribution in [0.3, 0.4) is 0 Å². The zero-order chi connectivity index (χ0) is 12.1. The Morgan fingerprint density at radius 1 is 1.24 bits per heavy atom. The second kappa shape index (κ2) is 5.34. The van der Waals surface area contributed by atoms with Gasteiger partial charge in [-0.15, -0.1) is 0 Å². The Kier molecular flexibility index (Phi) is 3.82. The second-order valence-electron chi connectivity index (χ2n) is 5.23. The zero-order valence-corrected chi connectivity index (χ0v) is 10.8. The highest BCUT2D eigenvalue weighted by Gasteiger charge is 2.31. The molecule has 4 nitrogen and oxygen atoms in total. The first-order valence-corrected chi connectivity index (χ1v) is 6.52. The molecule has 1 fully saturated rings. The molecular weight excluding hydrogens is 212 g/mol. The van der Waals surface area contributed by atoms with E-state index in [4.69, 9.17) is 0 Å². The van der Waals surface area contributed by atoms with Crippen LogP contribution in [0.4, 0.5) is 11.6 Å². The molecule has 2 N–H and O–H groups in total. The van der Waals surface area contributed by atoms with Crippen LogP contribution in [0, 0.1) is 5.41 Å². The van der Waals surface area contributed by atoms with Crippen LogP contribution in [0.1, 0.15) is 39.5 Å². The van der Waals surface area contributed by atoms with Crippen LogP contribution < -0.4 is 10.6 Å². The molecule has 0 unspecified atom stereocenters. The van der Waals surface area contributed by atoms with Crippen LogP contribution in [-0.2, 0) is 0 Å². The van der Waals surface area contributed by atoms with Crippen molar-refractivity contribution in [3.63, 3.8) is 0 Å². The number of anilines is 2. The molecule has 0 aliphatic heterocycles. The number of hydrogen-bond acceptors (Lipinski definition) is 4. The molecule has 0 bridgehead atoms. The van der Waals surface area contributed by atoms with Gasteiger partial charge in [0.15, 0.2) is 0 Å². The Hall–Kier alpha value is -1.32. The maximum Gasteiger partial charge on any atom is 0.131 e. The van der Waals surface area contributed by atoms with Crippen LogP contribution in [-0.4, -0.2) is 23.1 Å². The van der Waals surface area contributed by atoms with Crippen LogP contribution in [0.5, 0.6) is 0 Å². The van der Waals surface area contributed by atoms with Crippen molar-refractivity contribution >= 4 is 11.6 Å². The van der Waals surface area contributed by atoms with Crippen molar-refractivity contribution in [2.24, 2.45) is 5.41 Å². The van der Waals surface area contributed by atoms with Crippen molar-refractivity contribution in [2.75, 3.05) is 23.7 Å². The molecule has 0 aromatic carbocycles. The Morgan fingerprint density at radius 3 is 2.53 bits per heavy atom. The normalized spacial score (nSPS) is 17.3. The van der Waals surface area contributed by atoms with Crippen molar-refractivity contribution in [3.05, 3.63) is 12.4 Å². The average molecular weight is 234 g/mol. The van der Waals surface area contributed by atoms with Crippen molar-refractivity contribution in [2.45, 2.75) is 39.5 Å². The number of rotatable bonds is 6. The minimum Gasteiger partial charge on any atom is -0.370 e. The third-order valence-corrected chi connectivity index (χ3v) is 3.48. The minimum atomic E-state index is 0.474. The molecule has 94 valence electrons. The molecule has 1 saturated carbocycles. The Balaban J connectivity index is 1.87. The summed E-state index contributed by atoms with van der Waals surface area (Å²) in [6, 6.07) is 1.98. The van der Waals surface area contributed by atoms with Crippen LogP contribution in [0.25, 0.3) is 0 Å². The van der Waals surface area contributed by atoms with Crippen LogP contribution in [0.2, 0.25) is 0 Å². The van der Waals surface area contributed by atoms with E-state index >= 15 is 0 Å². The van der Waals surface area contributed by atoms with E-state index in [-0.39, 0.29) is 0 Å². The molecule has 0 saturated heterocycles. The summed E-state index contributed by atoms with van der Waals surface area (Å²) in [6.07, 6.45) is 6.73. The van der Waals surface area contributed by atoms with Gasteiger partial charge in [0.25, 0.3) is 0 Å². The van der Waals surface area contributed by atoms with Crippen LogP contribution in [0.15, 0.2) is 12.4 Å². The highest BCUT2D eigenvalue weighted by Crippen LogP contribution is 2.40. The van der Waals surface area contributed by atoms with Gasteiger partial charge in [-0.25, -0.2) is 9.97 Å². The molecule has 0 amide bonds. The molecular formula is C13H22N4. The van der Waals surface area contributed by atoms with E-state index in [0.29, 0.717) is 5.41 Å². The van der Waals surface area contributed by atoms with Gasteiger partial charge in [0, 0.05) is 19.2 Å². The van der Waals surface area contributed by atoms with Crippen molar-refractivity contribution in [3.8, 4) is 0 Å². The number of hydrogen-bond donors (Lipinski definition) is 2. The van der Waals surface area contributed by atoms with Gasteiger partial charge in [-0.05, 0) is 24.7 Å². The molecule has 2 rings (SSSR count). The first-order chi connectivity index (χ1) is 8.22. The first-order valence-electron chi connectivity index (χ1n) is 6.52. The summed E-state index contributed by atoms with van der Waals surface area (Å²) >= 11 is 0. The monoisotopic (exact) mass is 234 g/mol. The number of nitrogens with one attached hydrogen (secondary N) is 2. The van der Waals surface area contributed by atoms with Gasteiger partial charge < -0.3 is 10.6 Å². The molecule has 0 radical (unpaired) electrons. The number of aromatic nitrogens is 2. The highest BCUT2D eigenvalue weighted by molar-refractivity contribution is 5.46. The SMILES string of the molecule is CCCNc1cc(NCC2(C)CCC2)ncn1. The molecule has 4 heteroatoms. The minimum absolute atomic E-state index is 0.474. The Labute approximate surface area is 103 Å². The van der Waals surface area contributed by atoms with Gasteiger partial charge in [-0.3, -0.25) is 0 Å². The summed E-state index contributed by atoms with van der Waals surface area (Å²) in [4.78, 5) is 8.44. The molecule has 0 spiro atoms. The zero-order valence-electron chi connectivity index (χ0n) is 10.8. The Bertz CT molecular complexity index is 360. The molecule has 0 atom stereocenters. The van der Waals surface area contributed by atoms with Crippen LogP contribution >= 0.6 is 0 Å². The van der Waals surface area contributed by atoms with E-state index in [9.17, 15) is 0 Å². The molecule has 1 aliphatic carbocycles. The summed E-state index contributed by atoms with van der Waals surface area (Å²) in [5, 5.41) is 6.68. The first kappa shape index (κ1) is 12.1. The molecule has 17 heavy (non-hydrogen) atoms. The van der Waals surface area contributed by atoms with Crippen molar-refractivity contribution < 1.29 is 0 Å². The topological polar surface area (TPSA) is 49.8 Å². The van der Waals surface area contributed by atoms with E-state index in [2.05, 4.69) is 34.4 Å². The number of nitrogens with zero attached hydrogens (tertiary/aromatic N) is 2. The van der Waals surface area contributed by atoms with Gasteiger partial charge in [0.1, 0.15) is 18.0 Å². The summed E-state index contributed by atoms with van der Waals surface area (Å²) in [5.74, 6) is 1.83. The fraction of sp³-hybridized carbons (Fsp3) is 0.692. The van der Waals surface area contributed by atoms with Gasteiger partial charge >= 0.3 is 0 Å². The highest BCUT2D eigenvalue weighted by atomic mass is 15.1. The predicted molar refractivity (Wildman–Crippen MR) is 71.3 cm³/mol. The third kappa shape index (κ3) is 3.32. The lowest BCUT2D eigenvalue weighted by Gasteiger charge is -2.38. The van der Waals surface area contributed by atoms with Crippen molar-refractivity contribution in [1.29, 1.82) is 0 Å². The van der Waals surface area contributed by atoms with Crippen molar-refractivity contribution in [1.82, 2.24) is 9.97 Å². The lowest BCUT2D eigenvalue weighted by molar-refractivity contribution is 0.180. The lowest BCUT2D eigenvalue weighted by atomic mass is 9.70. The van der Waals surface area contributed by atoms with E-state index in [0.717, 1.165) is 31.1 Å². The van der Waals surface area contributed by atoms with Gasteiger partial charge in [-0.2, -0.15) is 0 Å². The maximum absolute atomic E-state index is 4.25. The summed E-state index contributed by atoms with van der Waals surface area (Å²) < 4.78 is 0. The average Bonchev–Trinajstić information content (AvgIpc) is 2.32. The van der Waals surface area contributed by atoms with E-state index < -0.39 is 0 Å². The van der Waals surface area contributed by atoms with Gasteiger partial charge in [0.05, 0.1) is 0 Å². The summed E-state index contributed by atoms with van der Waals surface area (Å²) in [7, 11) is 0. The van der Waals surface area contributed by atoms with Gasteiger partial charge in [0.2, 0.25) is 0 Å².